The molecular formula is C23H20FN5O2S. The Kier molecular flexibility index (Phi) is 6.18. The molecule has 32 heavy (non-hydrogen) atoms. The average Bonchev–Trinajstić information content (AvgIpc) is 3.17. The van der Waals surface area contributed by atoms with Crippen LogP contribution in [0.2, 0.25) is 0 Å². The predicted octanol–water partition coefficient (Wildman–Crippen LogP) is 4.47. The van der Waals surface area contributed by atoms with Gasteiger partial charge in [-0.05, 0) is 61.4 Å². The lowest BCUT2D eigenvalue weighted by atomic mass is 10.2. The lowest BCUT2D eigenvalue weighted by Gasteiger charge is -2.07. The zero-order chi connectivity index (χ0) is 22.7. The number of nitrogens with zero attached hydrogens (tertiary/aromatic N) is 3. The minimum absolute atomic E-state index is 0.0516. The molecule has 0 aliphatic rings. The Morgan fingerprint density at radius 3 is 2.59 bits per heavy atom. The molecule has 7 nitrogen and oxygen atoms in total. The molecule has 2 aromatic carbocycles. The van der Waals surface area contributed by atoms with Crippen LogP contribution < -0.4 is 10.6 Å². The fourth-order valence-electron chi connectivity index (χ4n) is 3.03. The molecule has 4 rings (SSSR count). The van der Waals surface area contributed by atoms with E-state index in [-0.39, 0.29) is 23.4 Å². The van der Waals surface area contributed by atoms with Crippen molar-refractivity contribution in [1.82, 2.24) is 14.6 Å². The molecule has 2 aromatic heterocycles. The number of benzene rings is 2. The minimum Gasteiger partial charge on any atom is -0.325 e. The summed E-state index contributed by atoms with van der Waals surface area (Å²) in [7, 11) is 0. The normalized spacial score (nSPS) is 10.8. The Labute approximate surface area is 188 Å². The van der Waals surface area contributed by atoms with Crippen LogP contribution in [0.15, 0.2) is 66.0 Å². The zero-order valence-corrected chi connectivity index (χ0v) is 18.2. The van der Waals surface area contributed by atoms with Crippen LogP contribution in [0.1, 0.15) is 21.5 Å². The van der Waals surface area contributed by atoms with Crippen molar-refractivity contribution in [3.05, 3.63) is 83.3 Å². The molecular weight excluding hydrogens is 429 g/mol. The molecule has 0 aliphatic heterocycles. The van der Waals surface area contributed by atoms with Crippen molar-refractivity contribution in [1.29, 1.82) is 0 Å². The highest BCUT2D eigenvalue weighted by Gasteiger charge is 2.13. The highest BCUT2D eigenvalue weighted by atomic mass is 32.2. The first-order chi connectivity index (χ1) is 15.4. The van der Waals surface area contributed by atoms with E-state index in [2.05, 4.69) is 20.8 Å². The van der Waals surface area contributed by atoms with Crippen molar-refractivity contribution in [2.75, 3.05) is 16.4 Å². The first-order valence-electron chi connectivity index (χ1n) is 9.80. The van der Waals surface area contributed by atoms with E-state index in [1.54, 1.807) is 41.8 Å². The van der Waals surface area contributed by atoms with Gasteiger partial charge in [0.15, 0.2) is 10.8 Å². The van der Waals surface area contributed by atoms with Gasteiger partial charge >= 0.3 is 0 Å². The molecule has 9 heteroatoms. The second kappa shape index (κ2) is 9.19. The van der Waals surface area contributed by atoms with Crippen molar-refractivity contribution in [2.24, 2.45) is 0 Å². The quantitative estimate of drug-likeness (QED) is 0.424. The van der Waals surface area contributed by atoms with E-state index in [0.29, 0.717) is 33.3 Å². The predicted molar refractivity (Wildman–Crippen MR) is 123 cm³/mol. The van der Waals surface area contributed by atoms with Gasteiger partial charge in [-0.25, -0.2) is 4.39 Å². The second-order valence-electron chi connectivity index (χ2n) is 7.25. The smallest absolute Gasteiger partial charge is 0.257 e. The number of carbonyl (C=O) groups excluding carboxylic acids is 2. The van der Waals surface area contributed by atoms with E-state index in [1.165, 1.54) is 17.8 Å². The lowest BCUT2D eigenvalue weighted by Crippen LogP contribution is -2.15. The third-order valence-corrected chi connectivity index (χ3v) is 5.64. The molecule has 4 aromatic rings. The molecule has 0 aliphatic carbocycles. The van der Waals surface area contributed by atoms with Crippen LogP contribution >= 0.6 is 11.8 Å². The van der Waals surface area contributed by atoms with Gasteiger partial charge < -0.3 is 10.6 Å². The number of hydrogen-bond donors (Lipinski definition) is 2. The highest BCUT2D eigenvalue weighted by Crippen LogP contribution is 2.20. The van der Waals surface area contributed by atoms with E-state index in [0.717, 1.165) is 5.56 Å². The summed E-state index contributed by atoms with van der Waals surface area (Å²) >= 11 is 1.17. The number of aryl methyl sites for hydroxylation is 2. The average molecular weight is 450 g/mol. The maximum Gasteiger partial charge on any atom is 0.257 e. The number of nitrogens with one attached hydrogen (secondary N) is 2. The highest BCUT2D eigenvalue weighted by molar-refractivity contribution is 7.99. The van der Waals surface area contributed by atoms with Gasteiger partial charge in [0, 0.05) is 17.6 Å². The topological polar surface area (TPSA) is 88.4 Å². The molecule has 0 saturated carbocycles. The number of hydrogen-bond acceptors (Lipinski definition) is 5. The maximum absolute atomic E-state index is 13.7. The summed E-state index contributed by atoms with van der Waals surface area (Å²) in [6, 6.07) is 15.4. The number of rotatable bonds is 6. The lowest BCUT2D eigenvalue weighted by molar-refractivity contribution is -0.113. The first-order valence-corrected chi connectivity index (χ1v) is 10.8. The molecule has 2 heterocycles. The SMILES string of the molecule is Cc1cccc(NC(=O)c2ccc3nnc(SCC(=O)Nc4ccc(C)c(F)c4)n3c2)c1. The summed E-state index contributed by atoms with van der Waals surface area (Å²) in [5, 5.41) is 14.2. The number of halogens is 1. The standard InChI is InChI=1S/C23H20FN5O2S/c1-14-4-3-5-17(10-14)26-22(31)16-7-9-20-27-28-23(29(20)12-16)32-13-21(30)25-18-8-6-15(2)19(24)11-18/h3-12H,13H2,1-2H3,(H,25,30)(H,26,31). The van der Waals surface area contributed by atoms with Crippen LogP contribution in [0.25, 0.3) is 5.65 Å². The van der Waals surface area contributed by atoms with Crippen LogP contribution in [0.5, 0.6) is 0 Å². The minimum atomic E-state index is -0.379. The molecule has 0 radical (unpaired) electrons. The Morgan fingerprint density at radius 2 is 1.81 bits per heavy atom. The number of aromatic nitrogens is 3. The largest absolute Gasteiger partial charge is 0.325 e. The summed E-state index contributed by atoms with van der Waals surface area (Å²) in [4.78, 5) is 24.9. The van der Waals surface area contributed by atoms with Crippen molar-refractivity contribution >= 4 is 40.6 Å². The van der Waals surface area contributed by atoms with E-state index in [9.17, 15) is 14.0 Å². The number of anilines is 2. The van der Waals surface area contributed by atoms with Gasteiger partial charge in [-0.1, -0.05) is 30.0 Å². The molecule has 0 spiro atoms. The number of thioether (sulfide) groups is 1. The van der Waals surface area contributed by atoms with Gasteiger partial charge in [0.2, 0.25) is 5.91 Å². The third-order valence-electron chi connectivity index (χ3n) is 4.70. The van der Waals surface area contributed by atoms with Crippen LogP contribution in [0.4, 0.5) is 15.8 Å². The maximum atomic E-state index is 13.7. The van der Waals surface area contributed by atoms with Crippen molar-refractivity contribution in [3.8, 4) is 0 Å². The number of fused-ring (bicyclic) bond motifs is 1. The summed E-state index contributed by atoms with van der Waals surface area (Å²) in [5.41, 5.74) is 3.63. The molecule has 0 saturated heterocycles. The number of amides is 2. The summed E-state index contributed by atoms with van der Waals surface area (Å²) in [6.07, 6.45) is 1.63. The van der Waals surface area contributed by atoms with E-state index >= 15 is 0 Å². The molecule has 0 bridgehead atoms. The monoisotopic (exact) mass is 449 g/mol. The van der Waals surface area contributed by atoms with E-state index < -0.39 is 0 Å². The summed E-state index contributed by atoms with van der Waals surface area (Å²) < 4.78 is 15.3. The number of pyridine rings is 1. The Hall–Kier alpha value is -3.72. The van der Waals surface area contributed by atoms with Gasteiger partial charge in [-0.2, -0.15) is 0 Å². The van der Waals surface area contributed by atoms with Crippen LogP contribution in [-0.4, -0.2) is 32.2 Å². The molecule has 2 amide bonds. The van der Waals surface area contributed by atoms with Crippen LogP contribution in [0.3, 0.4) is 0 Å². The van der Waals surface area contributed by atoms with Gasteiger partial charge in [-0.3, -0.25) is 14.0 Å². The van der Waals surface area contributed by atoms with Crippen molar-refractivity contribution in [2.45, 2.75) is 19.0 Å². The summed E-state index contributed by atoms with van der Waals surface area (Å²) in [6.45, 7) is 3.61. The van der Waals surface area contributed by atoms with Crippen molar-refractivity contribution in [3.63, 3.8) is 0 Å². The first kappa shape index (κ1) is 21.5. The van der Waals surface area contributed by atoms with Gasteiger partial charge in [0.25, 0.3) is 5.91 Å². The molecule has 162 valence electrons. The Morgan fingerprint density at radius 1 is 1.00 bits per heavy atom. The van der Waals surface area contributed by atoms with Gasteiger partial charge in [-0.15, -0.1) is 10.2 Å². The van der Waals surface area contributed by atoms with E-state index in [4.69, 9.17) is 0 Å². The fraction of sp³-hybridized carbons (Fsp3) is 0.130. The molecule has 0 atom stereocenters. The fourth-order valence-corrected chi connectivity index (χ4v) is 3.74. The molecule has 2 N–H and O–H groups in total. The van der Waals surface area contributed by atoms with Gasteiger partial charge in [0.05, 0.1) is 11.3 Å². The molecule has 0 fully saturated rings. The second-order valence-corrected chi connectivity index (χ2v) is 8.20. The summed E-state index contributed by atoms with van der Waals surface area (Å²) in [5.74, 6) is -0.893. The van der Waals surface area contributed by atoms with Crippen molar-refractivity contribution < 1.29 is 14.0 Å². The Bertz CT molecular complexity index is 1320. The Balaban J connectivity index is 1.44. The third kappa shape index (κ3) is 4.94. The number of carbonyl (C=O) groups is 2. The molecule has 0 unspecified atom stereocenters. The van der Waals surface area contributed by atoms with Gasteiger partial charge in [0.1, 0.15) is 5.82 Å². The zero-order valence-electron chi connectivity index (χ0n) is 17.4. The van der Waals surface area contributed by atoms with Crippen LogP contribution in [0, 0.1) is 19.7 Å². The van der Waals surface area contributed by atoms with E-state index in [1.807, 2.05) is 31.2 Å². The van der Waals surface area contributed by atoms with Crippen LogP contribution in [-0.2, 0) is 4.79 Å².